The molecule has 106 valence electrons. The van der Waals surface area contributed by atoms with Crippen LogP contribution in [-0.4, -0.2) is 12.5 Å². The molecule has 0 radical (unpaired) electrons. The lowest BCUT2D eigenvalue weighted by Crippen LogP contribution is -2.33. The van der Waals surface area contributed by atoms with Crippen LogP contribution < -0.4 is 11.1 Å². The van der Waals surface area contributed by atoms with Crippen LogP contribution in [0.15, 0.2) is 24.3 Å². The van der Waals surface area contributed by atoms with Crippen LogP contribution in [0.5, 0.6) is 0 Å². The number of rotatable bonds is 6. The molecule has 0 aliphatic heterocycles. The molecule has 3 heteroatoms. The van der Waals surface area contributed by atoms with Gasteiger partial charge in [-0.3, -0.25) is 4.79 Å². The molecule has 0 saturated carbocycles. The molecule has 0 unspecified atom stereocenters. The Labute approximate surface area is 116 Å². The van der Waals surface area contributed by atoms with Gasteiger partial charge in [0.2, 0.25) is 0 Å². The average Bonchev–Trinajstić information content (AvgIpc) is 2.38. The molecule has 0 heterocycles. The van der Waals surface area contributed by atoms with E-state index in [0.717, 1.165) is 12.1 Å². The van der Waals surface area contributed by atoms with Crippen molar-refractivity contribution in [1.82, 2.24) is 5.32 Å². The van der Waals surface area contributed by atoms with E-state index in [1.54, 1.807) is 0 Å². The van der Waals surface area contributed by atoms with Crippen molar-refractivity contribution in [3.63, 3.8) is 0 Å². The van der Waals surface area contributed by atoms with Crippen molar-refractivity contribution in [2.24, 2.45) is 23.5 Å². The van der Waals surface area contributed by atoms with Gasteiger partial charge in [0, 0.05) is 18.7 Å². The van der Waals surface area contributed by atoms with Gasteiger partial charge in [-0.25, -0.2) is 0 Å². The number of amides is 1. The SMILES string of the molecule is CC(C)C(CNC(=O)c1ccc(CN)cc1)C(C)C. The van der Waals surface area contributed by atoms with E-state index in [4.69, 9.17) is 5.73 Å². The Bertz CT molecular complexity index is 388. The summed E-state index contributed by atoms with van der Waals surface area (Å²) in [6.45, 7) is 10.0. The van der Waals surface area contributed by atoms with Gasteiger partial charge >= 0.3 is 0 Å². The predicted octanol–water partition coefficient (Wildman–Crippen LogP) is 2.80. The summed E-state index contributed by atoms with van der Waals surface area (Å²) in [6.07, 6.45) is 0. The molecule has 3 N–H and O–H groups in total. The van der Waals surface area contributed by atoms with Crippen molar-refractivity contribution in [2.45, 2.75) is 34.2 Å². The second kappa shape index (κ2) is 7.29. The van der Waals surface area contributed by atoms with E-state index in [1.807, 2.05) is 24.3 Å². The number of hydrogen-bond acceptors (Lipinski definition) is 2. The third-order valence-corrected chi connectivity index (χ3v) is 3.66. The highest BCUT2D eigenvalue weighted by molar-refractivity contribution is 5.94. The average molecular weight is 262 g/mol. The molecule has 1 aromatic carbocycles. The molecule has 1 aromatic rings. The predicted molar refractivity (Wildman–Crippen MR) is 79.8 cm³/mol. The fraction of sp³-hybridized carbons (Fsp3) is 0.562. The summed E-state index contributed by atoms with van der Waals surface area (Å²) >= 11 is 0. The summed E-state index contributed by atoms with van der Waals surface area (Å²) in [6, 6.07) is 7.46. The van der Waals surface area contributed by atoms with Crippen LogP contribution in [0.25, 0.3) is 0 Å². The van der Waals surface area contributed by atoms with Gasteiger partial charge in [0.15, 0.2) is 0 Å². The third-order valence-electron chi connectivity index (χ3n) is 3.66. The number of carbonyl (C=O) groups is 1. The number of hydrogen-bond donors (Lipinski definition) is 2. The van der Waals surface area contributed by atoms with Crippen LogP contribution in [0.1, 0.15) is 43.6 Å². The Hall–Kier alpha value is -1.35. The lowest BCUT2D eigenvalue weighted by Gasteiger charge is -2.25. The molecule has 3 nitrogen and oxygen atoms in total. The fourth-order valence-electron chi connectivity index (χ4n) is 2.35. The topological polar surface area (TPSA) is 55.1 Å². The highest BCUT2D eigenvalue weighted by Gasteiger charge is 2.18. The molecule has 0 atom stereocenters. The molecule has 0 aromatic heterocycles. The lowest BCUT2D eigenvalue weighted by atomic mass is 9.85. The van der Waals surface area contributed by atoms with Crippen LogP contribution in [0.4, 0.5) is 0 Å². The standard InChI is InChI=1S/C16H26N2O/c1-11(2)15(12(3)4)10-18-16(19)14-7-5-13(9-17)6-8-14/h5-8,11-12,15H,9-10,17H2,1-4H3,(H,18,19). The smallest absolute Gasteiger partial charge is 0.251 e. The first-order chi connectivity index (χ1) is 8.95. The summed E-state index contributed by atoms with van der Waals surface area (Å²) in [5, 5.41) is 3.03. The van der Waals surface area contributed by atoms with Crippen molar-refractivity contribution >= 4 is 5.91 Å². The van der Waals surface area contributed by atoms with Crippen LogP contribution in [0.3, 0.4) is 0 Å². The number of carbonyl (C=O) groups excluding carboxylic acids is 1. The van der Waals surface area contributed by atoms with Crippen LogP contribution in [0.2, 0.25) is 0 Å². The van der Waals surface area contributed by atoms with Crippen molar-refractivity contribution in [3.05, 3.63) is 35.4 Å². The van der Waals surface area contributed by atoms with E-state index < -0.39 is 0 Å². The fourth-order valence-corrected chi connectivity index (χ4v) is 2.35. The highest BCUT2D eigenvalue weighted by Crippen LogP contribution is 2.19. The summed E-state index contributed by atoms with van der Waals surface area (Å²) in [5.41, 5.74) is 7.28. The molecular weight excluding hydrogens is 236 g/mol. The summed E-state index contributed by atoms with van der Waals surface area (Å²) in [5.74, 6) is 1.64. The lowest BCUT2D eigenvalue weighted by molar-refractivity contribution is 0.0937. The minimum Gasteiger partial charge on any atom is -0.352 e. The van der Waals surface area contributed by atoms with E-state index in [2.05, 4.69) is 33.0 Å². The zero-order valence-electron chi connectivity index (χ0n) is 12.4. The molecule has 1 amide bonds. The van der Waals surface area contributed by atoms with Gasteiger partial charge in [-0.05, 0) is 35.4 Å². The van der Waals surface area contributed by atoms with E-state index in [9.17, 15) is 4.79 Å². The Morgan fingerprint density at radius 1 is 1.11 bits per heavy atom. The normalized spacial score (nSPS) is 11.4. The number of benzene rings is 1. The Morgan fingerprint density at radius 2 is 1.63 bits per heavy atom. The molecule has 1 rings (SSSR count). The zero-order valence-corrected chi connectivity index (χ0v) is 12.4. The van der Waals surface area contributed by atoms with Gasteiger partial charge < -0.3 is 11.1 Å². The van der Waals surface area contributed by atoms with Crippen LogP contribution in [-0.2, 0) is 6.54 Å². The van der Waals surface area contributed by atoms with Gasteiger partial charge in [-0.15, -0.1) is 0 Å². The van der Waals surface area contributed by atoms with Gasteiger partial charge in [0.25, 0.3) is 5.91 Å². The maximum Gasteiger partial charge on any atom is 0.251 e. The molecule has 0 spiro atoms. The molecule has 0 bridgehead atoms. The van der Waals surface area contributed by atoms with Gasteiger partial charge in [0.05, 0.1) is 0 Å². The molecular formula is C16H26N2O. The van der Waals surface area contributed by atoms with E-state index >= 15 is 0 Å². The minimum atomic E-state index is -0.00475. The highest BCUT2D eigenvalue weighted by atomic mass is 16.1. The zero-order chi connectivity index (χ0) is 14.4. The van der Waals surface area contributed by atoms with Gasteiger partial charge in [-0.1, -0.05) is 39.8 Å². The van der Waals surface area contributed by atoms with Crippen molar-refractivity contribution < 1.29 is 4.79 Å². The van der Waals surface area contributed by atoms with E-state index in [1.165, 1.54) is 0 Å². The first-order valence-corrected chi connectivity index (χ1v) is 7.03. The van der Waals surface area contributed by atoms with Crippen molar-refractivity contribution in [3.8, 4) is 0 Å². The second-order valence-electron chi connectivity index (χ2n) is 5.76. The molecule has 0 aliphatic carbocycles. The van der Waals surface area contributed by atoms with E-state index in [-0.39, 0.29) is 5.91 Å². The maximum absolute atomic E-state index is 12.1. The third kappa shape index (κ3) is 4.67. The van der Waals surface area contributed by atoms with Gasteiger partial charge in [0.1, 0.15) is 0 Å². The monoisotopic (exact) mass is 262 g/mol. The summed E-state index contributed by atoms with van der Waals surface area (Å²) in [7, 11) is 0. The van der Waals surface area contributed by atoms with E-state index in [0.29, 0.717) is 29.9 Å². The molecule has 0 fully saturated rings. The first kappa shape index (κ1) is 15.7. The summed E-state index contributed by atoms with van der Waals surface area (Å²) < 4.78 is 0. The Morgan fingerprint density at radius 3 is 2.05 bits per heavy atom. The van der Waals surface area contributed by atoms with Gasteiger partial charge in [-0.2, -0.15) is 0 Å². The number of nitrogens with two attached hydrogens (primary N) is 1. The summed E-state index contributed by atoms with van der Waals surface area (Å²) in [4.78, 5) is 12.1. The quantitative estimate of drug-likeness (QED) is 0.828. The number of nitrogens with one attached hydrogen (secondary N) is 1. The van der Waals surface area contributed by atoms with Crippen LogP contribution >= 0.6 is 0 Å². The van der Waals surface area contributed by atoms with Crippen molar-refractivity contribution in [1.29, 1.82) is 0 Å². The Kier molecular flexibility index (Phi) is 6.03. The van der Waals surface area contributed by atoms with Crippen molar-refractivity contribution in [2.75, 3.05) is 6.54 Å². The minimum absolute atomic E-state index is 0.00475. The molecule has 19 heavy (non-hydrogen) atoms. The molecule has 0 saturated heterocycles. The Balaban J connectivity index is 2.58. The molecule has 0 aliphatic rings. The second-order valence-corrected chi connectivity index (χ2v) is 5.76. The first-order valence-electron chi connectivity index (χ1n) is 7.03. The maximum atomic E-state index is 12.1. The van der Waals surface area contributed by atoms with Crippen LogP contribution in [0, 0.1) is 17.8 Å². The largest absolute Gasteiger partial charge is 0.352 e.